The fourth-order valence-electron chi connectivity index (χ4n) is 2.97. The van der Waals surface area contributed by atoms with Crippen molar-refractivity contribution in [2.24, 2.45) is 0 Å². The summed E-state index contributed by atoms with van der Waals surface area (Å²) < 4.78 is 0. The Balaban J connectivity index is 1.82. The van der Waals surface area contributed by atoms with Crippen molar-refractivity contribution in [3.8, 4) is 0 Å². The van der Waals surface area contributed by atoms with Crippen LogP contribution in [0.5, 0.6) is 0 Å². The van der Waals surface area contributed by atoms with Crippen LogP contribution in [0, 0.1) is 0 Å². The molecule has 0 amide bonds. The molecule has 0 fully saturated rings. The maximum atomic E-state index is 3.56. The summed E-state index contributed by atoms with van der Waals surface area (Å²) in [5.74, 6) is 0.603. The smallest absolute Gasteiger partial charge is 0.0373 e. The van der Waals surface area contributed by atoms with Crippen molar-refractivity contribution in [3.63, 3.8) is 0 Å². The van der Waals surface area contributed by atoms with Crippen molar-refractivity contribution in [1.29, 1.82) is 0 Å². The van der Waals surface area contributed by atoms with Crippen LogP contribution in [0.3, 0.4) is 0 Å². The summed E-state index contributed by atoms with van der Waals surface area (Å²) >= 11 is 0. The molecule has 2 aromatic carbocycles. The lowest BCUT2D eigenvalue weighted by Crippen LogP contribution is -2.21. The van der Waals surface area contributed by atoms with Gasteiger partial charge in [-0.2, -0.15) is 0 Å². The van der Waals surface area contributed by atoms with Crippen molar-refractivity contribution in [2.45, 2.75) is 32.1 Å². The first-order chi connectivity index (χ1) is 9.36. The van der Waals surface area contributed by atoms with E-state index in [1.807, 2.05) is 0 Å². The Morgan fingerprint density at radius 1 is 1.11 bits per heavy atom. The molecule has 1 heterocycles. The highest BCUT2D eigenvalue weighted by molar-refractivity contribution is 5.54. The molecular weight excluding hydrogens is 230 g/mol. The number of anilines is 1. The highest BCUT2D eigenvalue weighted by Crippen LogP contribution is 2.30. The van der Waals surface area contributed by atoms with E-state index in [0.717, 1.165) is 13.0 Å². The van der Waals surface area contributed by atoms with Gasteiger partial charge in [0.15, 0.2) is 0 Å². The molecule has 1 unspecified atom stereocenters. The average Bonchev–Trinajstić information content (AvgIpc) is 2.47. The fraction of sp³-hybridized carbons (Fsp3) is 0.333. The summed E-state index contributed by atoms with van der Waals surface area (Å²) in [6.45, 7) is 3.29. The number of nitrogens with one attached hydrogen (secondary N) is 1. The summed E-state index contributed by atoms with van der Waals surface area (Å²) in [5, 5.41) is 3.56. The van der Waals surface area contributed by atoms with Crippen LogP contribution in [0.4, 0.5) is 5.69 Å². The van der Waals surface area contributed by atoms with Crippen LogP contribution < -0.4 is 5.32 Å². The van der Waals surface area contributed by atoms with E-state index in [1.54, 1.807) is 0 Å². The van der Waals surface area contributed by atoms with Gasteiger partial charge < -0.3 is 5.32 Å². The average molecular weight is 251 g/mol. The van der Waals surface area contributed by atoms with Crippen LogP contribution in [0.15, 0.2) is 48.5 Å². The minimum atomic E-state index is 0.603. The standard InChI is InChI=1S/C18H21N/c1-2-6-14-7-5-9-15(11-14)17-12-16-8-3-4-10-18(16)19-13-17/h3-5,7-11,17,19H,2,6,12-13H2,1H3. The quantitative estimate of drug-likeness (QED) is 0.853. The molecule has 1 nitrogen and oxygen atoms in total. The first-order valence-electron chi connectivity index (χ1n) is 7.27. The second-order valence-electron chi connectivity index (χ2n) is 5.43. The van der Waals surface area contributed by atoms with Gasteiger partial charge in [0.2, 0.25) is 0 Å². The molecule has 0 saturated carbocycles. The molecule has 19 heavy (non-hydrogen) atoms. The third-order valence-corrected chi connectivity index (χ3v) is 3.98. The van der Waals surface area contributed by atoms with Crippen LogP contribution >= 0.6 is 0 Å². The minimum Gasteiger partial charge on any atom is -0.384 e. The molecule has 0 aromatic heterocycles. The lowest BCUT2D eigenvalue weighted by Gasteiger charge is -2.26. The zero-order chi connectivity index (χ0) is 13.1. The summed E-state index contributed by atoms with van der Waals surface area (Å²) in [6.07, 6.45) is 3.55. The first-order valence-corrected chi connectivity index (χ1v) is 7.27. The molecule has 1 atom stereocenters. The number of para-hydroxylation sites is 1. The highest BCUT2D eigenvalue weighted by Gasteiger charge is 2.19. The van der Waals surface area contributed by atoms with Crippen LogP contribution in [0.25, 0.3) is 0 Å². The van der Waals surface area contributed by atoms with E-state index in [0.29, 0.717) is 5.92 Å². The van der Waals surface area contributed by atoms with Gasteiger partial charge >= 0.3 is 0 Å². The Bertz CT molecular complexity index is 559. The Kier molecular flexibility index (Phi) is 3.54. The van der Waals surface area contributed by atoms with E-state index in [2.05, 4.69) is 60.8 Å². The zero-order valence-electron chi connectivity index (χ0n) is 11.5. The van der Waals surface area contributed by atoms with E-state index in [-0.39, 0.29) is 0 Å². The van der Waals surface area contributed by atoms with Crippen LogP contribution in [-0.4, -0.2) is 6.54 Å². The number of aryl methyl sites for hydroxylation is 1. The SMILES string of the molecule is CCCc1cccc(C2CNc3ccccc3C2)c1. The van der Waals surface area contributed by atoms with Gasteiger partial charge in [-0.3, -0.25) is 0 Å². The lowest BCUT2D eigenvalue weighted by atomic mass is 9.87. The first kappa shape index (κ1) is 12.3. The zero-order valence-corrected chi connectivity index (χ0v) is 11.5. The molecule has 1 heteroatoms. The number of benzene rings is 2. The van der Waals surface area contributed by atoms with E-state index < -0.39 is 0 Å². The molecular formula is C18H21N. The Morgan fingerprint density at radius 2 is 2.00 bits per heavy atom. The van der Waals surface area contributed by atoms with Gasteiger partial charge in [0.1, 0.15) is 0 Å². The maximum Gasteiger partial charge on any atom is 0.0373 e. The van der Waals surface area contributed by atoms with Gasteiger partial charge in [0.25, 0.3) is 0 Å². The van der Waals surface area contributed by atoms with Gasteiger partial charge in [-0.25, -0.2) is 0 Å². The Hall–Kier alpha value is -1.76. The summed E-state index contributed by atoms with van der Waals surface area (Å²) in [5.41, 5.74) is 5.70. The molecule has 98 valence electrons. The van der Waals surface area contributed by atoms with E-state index in [1.165, 1.54) is 35.2 Å². The van der Waals surface area contributed by atoms with E-state index >= 15 is 0 Å². The predicted octanol–water partition coefficient (Wildman–Crippen LogP) is 4.39. The number of fused-ring (bicyclic) bond motifs is 1. The van der Waals surface area contributed by atoms with Crippen molar-refractivity contribution >= 4 is 5.69 Å². The monoisotopic (exact) mass is 251 g/mol. The molecule has 0 radical (unpaired) electrons. The number of hydrogen-bond acceptors (Lipinski definition) is 1. The largest absolute Gasteiger partial charge is 0.384 e. The van der Waals surface area contributed by atoms with Gasteiger partial charge in [-0.05, 0) is 35.6 Å². The predicted molar refractivity (Wildman–Crippen MR) is 81.8 cm³/mol. The summed E-state index contributed by atoms with van der Waals surface area (Å²) in [4.78, 5) is 0. The topological polar surface area (TPSA) is 12.0 Å². The van der Waals surface area contributed by atoms with Crippen LogP contribution in [0.2, 0.25) is 0 Å². The van der Waals surface area contributed by atoms with Crippen molar-refractivity contribution in [3.05, 3.63) is 65.2 Å². The fourth-order valence-corrected chi connectivity index (χ4v) is 2.97. The molecule has 0 bridgehead atoms. The normalized spacial score (nSPS) is 17.6. The third-order valence-electron chi connectivity index (χ3n) is 3.98. The number of hydrogen-bond donors (Lipinski definition) is 1. The van der Waals surface area contributed by atoms with Crippen molar-refractivity contribution < 1.29 is 0 Å². The van der Waals surface area contributed by atoms with Crippen molar-refractivity contribution in [1.82, 2.24) is 0 Å². The molecule has 3 rings (SSSR count). The Labute approximate surface area is 115 Å². The molecule has 1 N–H and O–H groups in total. The van der Waals surface area contributed by atoms with Crippen LogP contribution in [0.1, 0.15) is 36.0 Å². The lowest BCUT2D eigenvalue weighted by molar-refractivity contribution is 0.693. The van der Waals surface area contributed by atoms with Gasteiger partial charge in [-0.1, -0.05) is 55.8 Å². The van der Waals surface area contributed by atoms with Gasteiger partial charge in [0.05, 0.1) is 0 Å². The Morgan fingerprint density at radius 3 is 2.89 bits per heavy atom. The molecule has 1 aliphatic rings. The van der Waals surface area contributed by atoms with Crippen molar-refractivity contribution in [2.75, 3.05) is 11.9 Å². The second-order valence-corrected chi connectivity index (χ2v) is 5.43. The van der Waals surface area contributed by atoms with Crippen LogP contribution in [-0.2, 0) is 12.8 Å². The highest BCUT2D eigenvalue weighted by atomic mass is 14.9. The maximum absolute atomic E-state index is 3.56. The molecule has 2 aromatic rings. The van der Waals surface area contributed by atoms with E-state index in [4.69, 9.17) is 0 Å². The molecule has 1 aliphatic heterocycles. The summed E-state index contributed by atoms with van der Waals surface area (Å²) in [6, 6.07) is 17.8. The van der Waals surface area contributed by atoms with E-state index in [9.17, 15) is 0 Å². The number of rotatable bonds is 3. The molecule has 0 spiro atoms. The minimum absolute atomic E-state index is 0.603. The van der Waals surface area contributed by atoms with Gasteiger partial charge in [0, 0.05) is 18.2 Å². The molecule has 0 aliphatic carbocycles. The third kappa shape index (κ3) is 2.65. The summed E-state index contributed by atoms with van der Waals surface area (Å²) in [7, 11) is 0. The molecule has 0 saturated heterocycles. The van der Waals surface area contributed by atoms with Gasteiger partial charge in [-0.15, -0.1) is 0 Å². The second kappa shape index (κ2) is 5.48.